The van der Waals surface area contributed by atoms with E-state index in [2.05, 4.69) is 10.00 Å². The van der Waals surface area contributed by atoms with E-state index in [1.807, 2.05) is 4.90 Å². The largest absolute Gasteiger partial charge is 0.479 e. The van der Waals surface area contributed by atoms with Crippen LogP contribution in [-0.2, 0) is 7.05 Å². The number of nitrogens with zero attached hydrogens (tertiary/aromatic N) is 4. The normalized spacial score (nSPS) is 20.6. The summed E-state index contributed by atoms with van der Waals surface area (Å²) in [4.78, 5) is 16.7. The van der Waals surface area contributed by atoms with E-state index in [9.17, 15) is 4.79 Å². The third-order valence-electron chi connectivity index (χ3n) is 4.03. The first-order valence-electron chi connectivity index (χ1n) is 6.80. The van der Waals surface area contributed by atoms with Gasteiger partial charge in [-0.25, -0.2) is 0 Å². The summed E-state index contributed by atoms with van der Waals surface area (Å²) < 4.78 is 6.76. The number of amides is 1. The van der Waals surface area contributed by atoms with Gasteiger partial charge < -0.3 is 9.64 Å². The van der Waals surface area contributed by atoms with E-state index < -0.39 is 0 Å². The predicted octanol–water partition coefficient (Wildman–Crippen LogP) is 0.349. The van der Waals surface area contributed by atoms with Crippen LogP contribution in [0.15, 0.2) is 6.20 Å². The predicted molar refractivity (Wildman–Crippen MR) is 70.3 cm³/mol. The van der Waals surface area contributed by atoms with Gasteiger partial charge in [0.2, 0.25) is 5.88 Å². The summed E-state index contributed by atoms with van der Waals surface area (Å²) in [6.45, 7) is 4.03. The molecule has 3 heterocycles. The van der Waals surface area contributed by atoms with Crippen molar-refractivity contribution >= 4 is 5.91 Å². The smallest absolute Gasteiger partial charge is 0.261 e. The lowest BCUT2D eigenvalue weighted by atomic mass is 10.1. The third kappa shape index (κ3) is 2.20. The fraction of sp³-hybridized carbons (Fsp3) is 0.692. The van der Waals surface area contributed by atoms with E-state index in [0.717, 1.165) is 13.1 Å². The van der Waals surface area contributed by atoms with Crippen LogP contribution in [0.4, 0.5) is 0 Å². The van der Waals surface area contributed by atoms with Crippen LogP contribution in [-0.4, -0.2) is 64.8 Å². The number of carbonyl (C=O) groups is 1. The zero-order chi connectivity index (χ0) is 13.4. The Morgan fingerprint density at radius 2 is 2.05 bits per heavy atom. The fourth-order valence-corrected chi connectivity index (χ4v) is 2.89. The van der Waals surface area contributed by atoms with Gasteiger partial charge in [0.05, 0.1) is 7.11 Å². The van der Waals surface area contributed by atoms with Crippen molar-refractivity contribution in [1.29, 1.82) is 0 Å². The summed E-state index contributed by atoms with van der Waals surface area (Å²) in [6, 6.07) is 0.550. The second-order valence-corrected chi connectivity index (χ2v) is 5.33. The maximum Gasteiger partial charge on any atom is 0.261 e. The van der Waals surface area contributed by atoms with Gasteiger partial charge in [0.25, 0.3) is 5.91 Å². The van der Waals surface area contributed by atoms with Gasteiger partial charge in [-0.05, 0) is 25.9 Å². The standard InChI is InChI=1S/C13H20N4O2/c1-15-9-11(12(14-15)19-2)13(18)17-7-10(8-17)16-5-3-4-6-16/h9-10H,3-8H2,1-2H3. The molecule has 6 heteroatoms. The minimum Gasteiger partial charge on any atom is -0.479 e. The number of aryl methyl sites for hydroxylation is 1. The molecule has 0 atom stereocenters. The lowest BCUT2D eigenvalue weighted by molar-refractivity contribution is 0.0331. The Morgan fingerprint density at radius 1 is 1.37 bits per heavy atom. The molecule has 0 unspecified atom stereocenters. The first kappa shape index (κ1) is 12.5. The zero-order valence-corrected chi connectivity index (χ0v) is 11.5. The van der Waals surface area contributed by atoms with Crippen LogP contribution in [0, 0.1) is 0 Å². The topological polar surface area (TPSA) is 50.6 Å². The molecule has 2 fully saturated rings. The highest BCUT2D eigenvalue weighted by atomic mass is 16.5. The molecule has 6 nitrogen and oxygen atoms in total. The molecule has 2 saturated heterocycles. The van der Waals surface area contributed by atoms with Gasteiger partial charge >= 0.3 is 0 Å². The van der Waals surface area contributed by atoms with Crippen LogP contribution in [0.2, 0.25) is 0 Å². The van der Waals surface area contributed by atoms with Crippen LogP contribution >= 0.6 is 0 Å². The summed E-state index contributed by atoms with van der Waals surface area (Å²) in [7, 11) is 3.34. The van der Waals surface area contributed by atoms with Gasteiger partial charge in [0.15, 0.2) is 0 Å². The molecular formula is C13H20N4O2. The van der Waals surface area contributed by atoms with Gasteiger partial charge in [-0.3, -0.25) is 14.4 Å². The van der Waals surface area contributed by atoms with Crippen LogP contribution in [0.1, 0.15) is 23.2 Å². The molecular weight excluding hydrogens is 244 g/mol. The van der Waals surface area contributed by atoms with Crippen LogP contribution in [0.25, 0.3) is 0 Å². The number of methoxy groups -OCH3 is 1. The number of carbonyl (C=O) groups excluding carboxylic acids is 1. The molecule has 0 radical (unpaired) electrons. The average molecular weight is 264 g/mol. The summed E-state index contributed by atoms with van der Waals surface area (Å²) in [5.74, 6) is 0.442. The molecule has 104 valence electrons. The number of ether oxygens (including phenoxy) is 1. The van der Waals surface area contributed by atoms with Crippen molar-refractivity contribution < 1.29 is 9.53 Å². The maximum absolute atomic E-state index is 12.4. The molecule has 2 aliphatic heterocycles. The van der Waals surface area contributed by atoms with Crippen molar-refractivity contribution in [3.63, 3.8) is 0 Å². The van der Waals surface area contributed by atoms with Crippen molar-refractivity contribution in [1.82, 2.24) is 19.6 Å². The lowest BCUT2D eigenvalue weighted by Gasteiger charge is -2.43. The molecule has 0 bridgehead atoms. The Bertz CT molecular complexity index is 473. The number of hydrogen-bond donors (Lipinski definition) is 0. The first-order chi connectivity index (χ1) is 9.19. The maximum atomic E-state index is 12.4. The monoisotopic (exact) mass is 264 g/mol. The average Bonchev–Trinajstić information content (AvgIpc) is 2.96. The number of rotatable bonds is 3. The zero-order valence-electron chi connectivity index (χ0n) is 11.5. The number of likely N-dealkylation sites (tertiary alicyclic amines) is 2. The van der Waals surface area contributed by atoms with Gasteiger partial charge in [-0.15, -0.1) is 5.10 Å². The van der Waals surface area contributed by atoms with Crippen molar-refractivity contribution in [2.24, 2.45) is 7.05 Å². The second kappa shape index (κ2) is 4.85. The summed E-state index contributed by atoms with van der Waals surface area (Å²) in [6.07, 6.45) is 4.31. The van der Waals surface area contributed by atoms with Gasteiger partial charge in [-0.1, -0.05) is 0 Å². The van der Waals surface area contributed by atoms with E-state index in [1.165, 1.54) is 25.9 Å². The molecule has 19 heavy (non-hydrogen) atoms. The highest BCUT2D eigenvalue weighted by Crippen LogP contribution is 2.24. The summed E-state index contributed by atoms with van der Waals surface area (Å²) in [5, 5.41) is 4.12. The van der Waals surface area contributed by atoms with Gasteiger partial charge in [0.1, 0.15) is 5.56 Å². The van der Waals surface area contributed by atoms with Crippen LogP contribution in [0.5, 0.6) is 5.88 Å². The SMILES string of the molecule is COc1nn(C)cc1C(=O)N1CC(N2CCCC2)C1. The van der Waals surface area contributed by atoms with E-state index in [0.29, 0.717) is 17.5 Å². The highest BCUT2D eigenvalue weighted by Gasteiger charge is 2.37. The molecule has 2 aliphatic rings. The van der Waals surface area contributed by atoms with Crippen LogP contribution in [0.3, 0.4) is 0 Å². The van der Waals surface area contributed by atoms with E-state index >= 15 is 0 Å². The van der Waals surface area contributed by atoms with Crippen molar-refractivity contribution in [3.05, 3.63) is 11.8 Å². The molecule has 0 saturated carbocycles. The van der Waals surface area contributed by atoms with Crippen LogP contribution < -0.4 is 4.74 Å². The Kier molecular flexibility index (Phi) is 3.18. The molecule has 1 aromatic heterocycles. The molecule has 0 N–H and O–H groups in total. The number of aromatic nitrogens is 2. The summed E-state index contributed by atoms with van der Waals surface area (Å²) in [5.41, 5.74) is 0.560. The molecule has 1 amide bonds. The first-order valence-corrected chi connectivity index (χ1v) is 6.80. The Labute approximate surface area is 112 Å². The van der Waals surface area contributed by atoms with Crippen molar-refractivity contribution in [3.8, 4) is 5.88 Å². The van der Waals surface area contributed by atoms with Gasteiger partial charge in [0, 0.05) is 32.4 Å². The van der Waals surface area contributed by atoms with E-state index in [1.54, 1.807) is 25.0 Å². The van der Waals surface area contributed by atoms with Crippen molar-refractivity contribution in [2.75, 3.05) is 33.3 Å². The molecule has 0 aliphatic carbocycles. The summed E-state index contributed by atoms with van der Waals surface area (Å²) >= 11 is 0. The molecule has 3 rings (SSSR count). The molecule has 0 aromatic carbocycles. The highest BCUT2D eigenvalue weighted by molar-refractivity contribution is 5.96. The van der Waals surface area contributed by atoms with Gasteiger partial charge in [-0.2, -0.15) is 0 Å². The Balaban J connectivity index is 1.63. The fourth-order valence-electron chi connectivity index (χ4n) is 2.89. The number of hydrogen-bond acceptors (Lipinski definition) is 4. The molecule has 1 aromatic rings. The Hall–Kier alpha value is -1.56. The minimum absolute atomic E-state index is 0.0281. The third-order valence-corrected chi connectivity index (χ3v) is 4.03. The quantitative estimate of drug-likeness (QED) is 0.790. The van der Waals surface area contributed by atoms with E-state index in [-0.39, 0.29) is 5.91 Å². The van der Waals surface area contributed by atoms with Crippen molar-refractivity contribution in [2.45, 2.75) is 18.9 Å². The van der Waals surface area contributed by atoms with E-state index in [4.69, 9.17) is 4.74 Å². The second-order valence-electron chi connectivity index (χ2n) is 5.33. The lowest BCUT2D eigenvalue weighted by Crippen LogP contribution is -2.60. The minimum atomic E-state index is 0.0281. The Morgan fingerprint density at radius 3 is 2.68 bits per heavy atom. The molecule has 0 spiro atoms.